The number of rotatable bonds is 6. The highest BCUT2D eigenvalue weighted by molar-refractivity contribution is 5.67. The van der Waals surface area contributed by atoms with Gasteiger partial charge in [0.15, 0.2) is 0 Å². The van der Waals surface area contributed by atoms with E-state index in [1.807, 2.05) is 6.07 Å². The van der Waals surface area contributed by atoms with Crippen molar-refractivity contribution < 1.29 is 14.6 Å². The topological polar surface area (TPSA) is 49.8 Å². The average molecular weight is 263 g/mol. The molecule has 0 saturated carbocycles. The molecule has 0 amide bonds. The minimum atomic E-state index is -0.896. The Bertz CT molecular complexity index is 407. The maximum Gasteiger partial charge on any atom is 0.329 e. The first-order valence-electron chi connectivity index (χ1n) is 6.75. The molecule has 0 radical (unpaired) electrons. The van der Waals surface area contributed by atoms with Crippen molar-refractivity contribution in [2.24, 2.45) is 5.92 Å². The number of hydrogen-bond acceptors (Lipinski definition) is 3. The molecule has 1 heterocycles. The lowest BCUT2D eigenvalue weighted by Crippen LogP contribution is -2.25. The minimum absolute atomic E-state index is 0.190. The van der Waals surface area contributed by atoms with Crippen molar-refractivity contribution >= 4 is 5.97 Å². The summed E-state index contributed by atoms with van der Waals surface area (Å²) in [5.74, 6) is -0.446. The van der Waals surface area contributed by atoms with Crippen molar-refractivity contribution in [3.63, 3.8) is 0 Å². The van der Waals surface area contributed by atoms with E-state index in [1.165, 1.54) is 5.56 Å². The molecule has 1 fully saturated rings. The zero-order valence-corrected chi connectivity index (χ0v) is 11.3. The van der Waals surface area contributed by atoms with Crippen molar-refractivity contribution in [2.75, 3.05) is 26.3 Å². The molecule has 0 unspecified atom stereocenters. The summed E-state index contributed by atoms with van der Waals surface area (Å²) in [7, 11) is 0. The number of nitrogens with zero attached hydrogens (tertiary/aromatic N) is 1. The lowest BCUT2D eigenvalue weighted by atomic mass is 10.1. The van der Waals surface area contributed by atoms with Crippen LogP contribution in [-0.4, -0.2) is 42.3 Å². The molecular weight excluding hydrogens is 242 g/mol. The van der Waals surface area contributed by atoms with Crippen LogP contribution in [0.25, 0.3) is 0 Å². The van der Waals surface area contributed by atoms with Gasteiger partial charge >= 0.3 is 5.97 Å². The first-order chi connectivity index (χ1) is 9.16. The second-order valence-corrected chi connectivity index (χ2v) is 5.15. The molecule has 1 aromatic carbocycles. The van der Waals surface area contributed by atoms with E-state index in [2.05, 4.69) is 36.1 Å². The standard InChI is InChI=1S/C15H21NO3/c1-12(14-5-3-2-4-6-14)16-8-7-13(9-16)10-19-11-15(17)18/h2-6,12-13H,7-11H2,1H3,(H,17,18)/t12-,13-/m1/s1. The third kappa shape index (κ3) is 4.04. The van der Waals surface area contributed by atoms with E-state index >= 15 is 0 Å². The van der Waals surface area contributed by atoms with Crippen LogP contribution >= 0.6 is 0 Å². The quantitative estimate of drug-likeness (QED) is 0.854. The maximum absolute atomic E-state index is 10.4. The van der Waals surface area contributed by atoms with E-state index in [9.17, 15) is 4.79 Å². The predicted molar refractivity (Wildman–Crippen MR) is 73.0 cm³/mol. The van der Waals surface area contributed by atoms with Crippen molar-refractivity contribution in [1.29, 1.82) is 0 Å². The Balaban J connectivity index is 1.80. The molecule has 4 nitrogen and oxygen atoms in total. The second-order valence-electron chi connectivity index (χ2n) is 5.15. The van der Waals surface area contributed by atoms with Crippen LogP contribution in [0.4, 0.5) is 0 Å². The summed E-state index contributed by atoms with van der Waals surface area (Å²) in [6.45, 7) is 4.61. The van der Waals surface area contributed by atoms with E-state index in [1.54, 1.807) is 0 Å². The normalized spacial score (nSPS) is 21.4. The zero-order chi connectivity index (χ0) is 13.7. The molecule has 1 aliphatic rings. The molecule has 0 spiro atoms. The van der Waals surface area contributed by atoms with Crippen LogP contribution < -0.4 is 0 Å². The second kappa shape index (κ2) is 6.68. The molecule has 2 rings (SSSR count). The zero-order valence-electron chi connectivity index (χ0n) is 11.3. The number of carboxylic acids is 1. The van der Waals surface area contributed by atoms with Gasteiger partial charge in [0.1, 0.15) is 6.61 Å². The molecule has 1 saturated heterocycles. The highest BCUT2D eigenvalue weighted by Crippen LogP contribution is 2.27. The molecule has 104 valence electrons. The third-order valence-electron chi connectivity index (χ3n) is 3.73. The molecule has 0 aromatic heterocycles. The lowest BCUT2D eigenvalue weighted by Gasteiger charge is -2.24. The molecule has 4 heteroatoms. The summed E-state index contributed by atoms with van der Waals surface area (Å²) in [6.07, 6.45) is 1.08. The Labute approximate surface area is 114 Å². The van der Waals surface area contributed by atoms with Gasteiger partial charge in [0.2, 0.25) is 0 Å². The molecular formula is C15H21NO3. The number of carbonyl (C=O) groups is 1. The summed E-state index contributed by atoms with van der Waals surface area (Å²) in [5.41, 5.74) is 1.33. The monoisotopic (exact) mass is 263 g/mol. The molecule has 0 bridgehead atoms. The fraction of sp³-hybridized carbons (Fsp3) is 0.533. The van der Waals surface area contributed by atoms with Crippen LogP contribution in [0.2, 0.25) is 0 Å². The van der Waals surface area contributed by atoms with Gasteiger partial charge in [0.25, 0.3) is 0 Å². The predicted octanol–water partition coefficient (Wildman–Crippen LogP) is 2.17. The Morgan fingerprint density at radius 3 is 2.89 bits per heavy atom. The number of aliphatic carboxylic acids is 1. The number of likely N-dealkylation sites (tertiary alicyclic amines) is 1. The van der Waals surface area contributed by atoms with E-state index in [-0.39, 0.29) is 6.61 Å². The first-order valence-corrected chi connectivity index (χ1v) is 6.75. The highest BCUT2D eigenvalue weighted by Gasteiger charge is 2.26. The van der Waals surface area contributed by atoms with Gasteiger partial charge in [-0.05, 0) is 31.4 Å². The SMILES string of the molecule is C[C@H](c1ccccc1)N1CC[C@@H](COCC(=O)O)C1. The number of benzene rings is 1. The van der Waals surface area contributed by atoms with Crippen LogP contribution in [0.3, 0.4) is 0 Å². The smallest absolute Gasteiger partial charge is 0.329 e. The number of carboxylic acid groups (broad SMARTS) is 1. The van der Waals surface area contributed by atoms with Gasteiger partial charge in [0.05, 0.1) is 6.61 Å². The summed E-state index contributed by atoms with van der Waals surface area (Å²) in [6, 6.07) is 10.9. The van der Waals surface area contributed by atoms with Crippen LogP contribution in [-0.2, 0) is 9.53 Å². The van der Waals surface area contributed by atoms with Gasteiger partial charge < -0.3 is 9.84 Å². The average Bonchev–Trinajstić information content (AvgIpc) is 2.87. The molecule has 2 atom stereocenters. The third-order valence-corrected chi connectivity index (χ3v) is 3.73. The number of ether oxygens (including phenoxy) is 1. The fourth-order valence-corrected chi connectivity index (χ4v) is 2.61. The molecule has 1 aliphatic heterocycles. The molecule has 1 N–H and O–H groups in total. The summed E-state index contributed by atoms with van der Waals surface area (Å²) in [4.78, 5) is 12.8. The highest BCUT2D eigenvalue weighted by atomic mass is 16.5. The van der Waals surface area contributed by atoms with E-state index < -0.39 is 5.97 Å². The Morgan fingerprint density at radius 2 is 2.21 bits per heavy atom. The summed E-state index contributed by atoms with van der Waals surface area (Å²) in [5, 5.41) is 8.54. The first kappa shape index (κ1) is 14.0. The Kier molecular flexibility index (Phi) is 4.93. The van der Waals surface area contributed by atoms with E-state index in [0.29, 0.717) is 18.6 Å². The van der Waals surface area contributed by atoms with E-state index in [0.717, 1.165) is 19.5 Å². The van der Waals surface area contributed by atoms with Crippen molar-refractivity contribution in [3.05, 3.63) is 35.9 Å². The van der Waals surface area contributed by atoms with Crippen LogP contribution in [0.5, 0.6) is 0 Å². The van der Waals surface area contributed by atoms with Gasteiger partial charge in [-0.3, -0.25) is 4.90 Å². The van der Waals surface area contributed by atoms with Crippen molar-refractivity contribution in [1.82, 2.24) is 4.90 Å². The van der Waals surface area contributed by atoms with Gasteiger partial charge in [-0.25, -0.2) is 4.79 Å². The maximum atomic E-state index is 10.4. The van der Waals surface area contributed by atoms with Crippen molar-refractivity contribution in [2.45, 2.75) is 19.4 Å². The fourth-order valence-electron chi connectivity index (χ4n) is 2.61. The molecule has 1 aromatic rings. The summed E-state index contributed by atoms with van der Waals surface area (Å²) < 4.78 is 5.19. The lowest BCUT2D eigenvalue weighted by molar-refractivity contribution is -0.142. The Morgan fingerprint density at radius 1 is 1.47 bits per heavy atom. The van der Waals surface area contributed by atoms with Gasteiger partial charge in [-0.15, -0.1) is 0 Å². The van der Waals surface area contributed by atoms with Crippen molar-refractivity contribution in [3.8, 4) is 0 Å². The molecule has 0 aliphatic carbocycles. The van der Waals surface area contributed by atoms with Crippen LogP contribution in [0.15, 0.2) is 30.3 Å². The summed E-state index contributed by atoms with van der Waals surface area (Å²) >= 11 is 0. The van der Waals surface area contributed by atoms with E-state index in [4.69, 9.17) is 9.84 Å². The number of hydrogen-bond donors (Lipinski definition) is 1. The van der Waals surface area contributed by atoms with Gasteiger partial charge in [-0.1, -0.05) is 30.3 Å². The van der Waals surface area contributed by atoms with Crippen LogP contribution in [0, 0.1) is 5.92 Å². The Hall–Kier alpha value is -1.39. The molecule has 19 heavy (non-hydrogen) atoms. The largest absolute Gasteiger partial charge is 0.480 e. The minimum Gasteiger partial charge on any atom is -0.480 e. The van der Waals surface area contributed by atoms with Gasteiger partial charge in [-0.2, -0.15) is 0 Å². The van der Waals surface area contributed by atoms with Gasteiger partial charge in [0, 0.05) is 12.6 Å². The van der Waals surface area contributed by atoms with Crippen LogP contribution in [0.1, 0.15) is 24.9 Å².